The van der Waals surface area contributed by atoms with E-state index >= 15 is 0 Å². The molecule has 0 fully saturated rings. The van der Waals surface area contributed by atoms with Gasteiger partial charge in [0.1, 0.15) is 12.3 Å². The molecule has 0 aliphatic rings. The lowest BCUT2D eigenvalue weighted by Gasteiger charge is -2.14. The van der Waals surface area contributed by atoms with Crippen molar-refractivity contribution in [2.75, 3.05) is 7.11 Å². The average Bonchev–Trinajstić information content (AvgIpc) is 3.11. The van der Waals surface area contributed by atoms with Gasteiger partial charge in [-0.3, -0.25) is 4.79 Å². The van der Waals surface area contributed by atoms with Crippen molar-refractivity contribution in [3.63, 3.8) is 0 Å². The van der Waals surface area contributed by atoms with Crippen LogP contribution in [-0.2, 0) is 6.61 Å². The normalized spacial score (nSPS) is 10.7. The maximum Gasteiger partial charge on any atom is 0.271 e. The molecule has 10 heteroatoms. The summed E-state index contributed by atoms with van der Waals surface area (Å²) in [6.45, 7) is 0.217. The number of primary amides is 1. The molecule has 1 amide bonds. The first-order valence-electron chi connectivity index (χ1n) is 7.56. The minimum atomic E-state index is -0.692. The number of nitrogens with one attached hydrogen (secondary N) is 1. The molecule has 0 atom stereocenters. The number of aromatic nitrogens is 3. The number of amides is 1. The van der Waals surface area contributed by atoms with Crippen molar-refractivity contribution in [3.8, 4) is 22.8 Å². The molecule has 3 rings (SSSR count). The number of methoxy groups -OCH3 is 1. The fourth-order valence-corrected chi connectivity index (χ4v) is 3.35. The van der Waals surface area contributed by atoms with Crippen molar-refractivity contribution in [1.29, 1.82) is 0 Å². The summed E-state index contributed by atoms with van der Waals surface area (Å²) in [6, 6.07) is 8.55. The summed E-state index contributed by atoms with van der Waals surface area (Å²) in [7, 11) is 1.51. The minimum Gasteiger partial charge on any atom is -0.493 e. The Morgan fingerprint density at radius 3 is 2.67 bits per heavy atom. The van der Waals surface area contributed by atoms with Gasteiger partial charge in [-0.05, 0) is 40.2 Å². The van der Waals surface area contributed by atoms with Crippen molar-refractivity contribution in [2.24, 2.45) is 5.73 Å². The molecule has 7 nitrogen and oxygen atoms in total. The molecule has 1 heterocycles. The first kappa shape index (κ1) is 19.5. The van der Waals surface area contributed by atoms with Crippen LogP contribution in [0.2, 0.25) is 10.0 Å². The van der Waals surface area contributed by atoms with E-state index < -0.39 is 5.91 Å². The summed E-state index contributed by atoms with van der Waals surface area (Å²) in [5, 5.41) is 11.2. The first-order valence-corrected chi connectivity index (χ1v) is 9.10. The first-order chi connectivity index (χ1) is 12.9. The van der Waals surface area contributed by atoms with E-state index in [2.05, 4.69) is 31.3 Å². The summed E-state index contributed by atoms with van der Waals surface area (Å²) in [5.74, 6) is 0.224. The Balaban J connectivity index is 1.92. The molecule has 0 saturated carbocycles. The second kappa shape index (κ2) is 8.16. The number of nitrogens with zero attached hydrogens (tertiary/aromatic N) is 2. The van der Waals surface area contributed by atoms with Gasteiger partial charge in [0.2, 0.25) is 0 Å². The van der Waals surface area contributed by atoms with Gasteiger partial charge in [-0.15, -0.1) is 0 Å². The average molecular weight is 472 g/mol. The Labute approximate surface area is 172 Å². The smallest absolute Gasteiger partial charge is 0.271 e. The van der Waals surface area contributed by atoms with Gasteiger partial charge in [-0.25, -0.2) is 0 Å². The highest BCUT2D eigenvalue weighted by molar-refractivity contribution is 9.10. The van der Waals surface area contributed by atoms with Crippen molar-refractivity contribution in [3.05, 3.63) is 56.1 Å². The molecule has 2 aromatic carbocycles. The van der Waals surface area contributed by atoms with E-state index in [0.717, 1.165) is 5.56 Å². The van der Waals surface area contributed by atoms with Crippen molar-refractivity contribution >= 4 is 45.0 Å². The van der Waals surface area contributed by atoms with Crippen LogP contribution in [-0.4, -0.2) is 28.4 Å². The third-order valence-corrected chi connectivity index (χ3v) is 4.93. The lowest BCUT2D eigenvalue weighted by atomic mass is 10.1. The molecule has 0 unspecified atom stereocenters. The van der Waals surface area contributed by atoms with Gasteiger partial charge in [0.05, 0.1) is 7.11 Å². The molecule has 1 aromatic heterocycles. The number of benzene rings is 2. The minimum absolute atomic E-state index is 0.0272. The largest absolute Gasteiger partial charge is 0.493 e. The molecule has 0 radical (unpaired) electrons. The Morgan fingerprint density at radius 1 is 1.22 bits per heavy atom. The van der Waals surface area contributed by atoms with Gasteiger partial charge >= 0.3 is 0 Å². The van der Waals surface area contributed by atoms with Crippen LogP contribution >= 0.6 is 39.1 Å². The molecule has 0 spiro atoms. The number of ether oxygens (including phenoxy) is 2. The van der Waals surface area contributed by atoms with Crippen LogP contribution in [0.4, 0.5) is 0 Å². The highest BCUT2D eigenvalue weighted by Crippen LogP contribution is 2.39. The highest BCUT2D eigenvalue weighted by Gasteiger charge is 2.20. The number of hydrogen-bond donors (Lipinski definition) is 2. The maximum atomic E-state index is 11.5. The van der Waals surface area contributed by atoms with Gasteiger partial charge < -0.3 is 15.2 Å². The van der Waals surface area contributed by atoms with E-state index in [1.165, 1.54) is 7.11 Å². The Morgan fingerprint density at radius 2 is 2.00 bits per heavy atom. The van der Waals surface area contributed by atoms with Crippen LogP contribution in [0.1, 0.15) is 16.1 Å². The fourth-order valence-electron chi connectivity index (χ4n) is 2.37. The second-order valence-corrected chi connectivity index (χ2v) is 7.09. The SMILES string of the molecule is COc1cc(-c2n[nH]nc2C(N)=O)c(Br)cc1OCc1ccc(Cl)cc1Cl. The number of nitrogens with two attached hydrogens (primary N) is 1. The molecule has 27 heavy (non-hydrogen) atoms. The quantitative estimate of drug-likeness (QED) is 0.559. The zero-order valence-corrected chi connectivity index (χ0v) is 17.0. The van der Waals surface area contributed by atoms with Crippen LogP contribution in [0.15, 0.2) is 34.8 Å². The number of hydrogen-bond acceptors (Lipinski definition) is 5. The van der Waals surface area contributed by atoms with E-state index in [-0.39, 0.29) is 12.3 Å². The summed E-state index contributed by atoms with van der Waals surface area (Å²) in [5.41, 5.74) is 7.01. The lowest BCUT2D eigenvalue weighted by molar-refractivity contribution is 0.0996. The number of aromatic amines is 1. The van der Waals surface area contributed by atoms with Crippen LogP contribution in [0.25, 0.3) is 11.3 Å². The lowest BCUT2D eigenvalue weighted by Crippen LogP contribution is -2.12. The zero-order chi connectivity index (χ0) is 19.6. The van der Waals surface area contributed by atoms with E-state index in [4.69, 9.17) is 38.4 Å². The topological polar surface area (TPSA) is 103 Å². The molecular formula is C17H13BrCl2N4O3. The zero-order valence-electron chi connectivity index (χ0n) is 13.9. The fraction of sp³-hybridized carbons (Fsp3) is 0.118. The van der Waals surface area contributed by atoms with Crippen LogP contribution in [0.3, 0.4) is 0 Å². The number of rotatable bonds is 6. The third kappa shape index (κ3) is 4.18. The van der Waals surface area contributed by atoms with Gasteiger partial charge in [0, 0.05) is 25.6 Å². The van der Waals surface area contributed by atoms with Gasteiger partial charge in [-0.2, -0.15) is 15.4 Å². The molecule has 0 aliphatic carbocycles. The Hall–Kier alpha value is -2.29. The summed E-state index contributed by atoms with van der Waals surface area (Å²) in [4.78, 5) is 11.5. The molecule has 3 aromatic rings. The standard InChI is InChI=1S/C17H13BrCl2N4O3/c1-26-13-5-10(15-16(17(21)25)23-24-22-15)11(18)6-14(13)27-7-8-2-3-9(19)4-12(8)20/h2-6H,7H2,1H3,(H2,21,25)(H,22,23,24). The molecule has 0 aliphatic heterocycles. The molecular weight excluding hydrogens is 459 g/mol. The van der Waals surface area contributed by atoms with E-state index in [1.54, 1.807) is 30.3 Å². The monoisotopic (exact) mass is 470 g/mol. The van der Waals surface area contributed by atoms with Crippen LogP contribution in [0.5, 0.6) is 11.5 Å². The molecule has 0 bridgehead atoms. The second-order valence-electron chi connectivity index (χ2n) is 5.39. The Bertz CT molecular complexity index is 1010. The van der Waals surface area contributed by atoms with E-state index in [1.807, 2.05) is 0 Å². The van der Waals surface area contributed by atoms with Crippen LogP contribution < -0.4 is 15.2 Å². The van der Waals surface area contributed by atoms with Crippen molar-refractivity contribution in [1.82, 2.24) is 15.4 Å². The number of halogens is 3. The summed E-state index contributed by atoms with van der Waals surface area (Å²) >= 11 is 15.5. The number of H-pyrrole nitrogens is 1. The third-order valence-electron chi connectivity index (χ3n) is 3.69. The van der Waals surface area contributed by atoms with E-state index in [9.17, 15) is 4.79 Å². The highest BCUT2D eigenvalue weighted by atomic mass is 79.9. The van der Waals surface area contributed by atoms with Gasteiger partial charge in [0.25, 0.3) is 5.91 Å². The van der Waals surface area contributed by atoms with Crippen molar-refractivity contribution < 1.29 is 14.3 Å². The van der Waals surface area contributed by atoms with Crippen molar-refractivity contribution in [2.45, 2.75) is 6.61 Å². The predicted molar refractivity (Wildman–Crippen MR) is 105 cm³/mol. The molecule has 0 saturated heterocycles. The number of carbonyl (C=O) groups is 1. The van der Waals surface area contributed by atoms with Gasteiger partial charge in [0.15, 0.2) is 17.2 Å². The number of carbonyl (C=O) groups excluding carboxylic acids is 1. The van der Waals surface area contributed by atoms with E-state index in [0.29, 0.717) is 37.3 Å². The Kier molecular flexibility index (Phi) is 5.88. The van der Waals surface area contributed by atoms with Crippen LogP contribution in [0, 0.1) is 0 Å². The van der Waals surface area contributed by atoms with Gasteiger partial charge in [-0.1, -0.05) is 29.3 Å². The summed E-state index contributed by atoms with van der Waals surface area (Å²) in [6.07, 6.45) is 0. The predicted octanol–water partition coefficient (Wildman–Crippen LogP) is 4.23. The maximum absolute atomic E-state index is 11.5. The molecule has 3 N–H and O–H groups in total. The summed E-state index contributed by atoms with van der Waals surface area (Å²) < 4.78 is 11.9. The molecule has 140 valence electrons.